The van der Waals surface area contributed by atoms with Crippen LogP contribution in [0.1, 0.15) is 90.9 Å². The van der Waals surface area contributed by atoms with Gasteiger partial charge in [-0.1, -0.05) is 25.5 Å². The van der Waals surface area contributed by atoms with E-state index in [1.165, 1.54) is 38.5 Å². The first-order valence-electron chi connectivity index (χ1n) is 12.8. The lowest BCUT2D eigenvalue weighted by molar-refractivity contribution is -0.195. The maximum absolute atomic E-state index is 11.5. The summed E-state index contributed by atoms with van der Waals surface area (Å²) in [6.07, 6.45) is 16.4. The smallest absolute Gasteiger partial charge is 0.157 e. The van der Waals surface area contributed by atoms with Gasteiger partial charge in [0.1, 0.15) is 0 Å². The van der Waals surface area contributed by atoms with E-state index in [-0.39, 0.29) is 11.7 Å². The molecular weight excluding hydrogens is 374 g/mol. The van der Waals surface area contributed by atoms with Gasteiger partial charge in [0.05, 0.1) is 11.7 Å². The lowest BCUT2D eigenvalue weighted by Gasteiger charge is -2.59. The fourth-order valence-electron chi connectivity index (χ4n) is 8.54. The predicted molar refractivity (Wildman–Crippen MR) is 119 cm³/mol. The summed E-state index contributed by atoms with van der Waals surface area (Å²) in [7, 11) is 0. The van der Waals surface area contributed by atoms with Crippen molar-refractivity contribution in [2.24, 2.45) is 34.3 Å². The molecule has 4 heteroatoms. The highest BCUT2D eigenvalue weighted by atomic mass is 16.7. The topological polar surface area (TPSA) is 64.7 Å². The number of allylic oxidation sites excluding steroid dienone is 1. The Labute approximate surface area is 183 Å². The van der Waals surface area contributed by atoms with Crippen molar-refractivity contribution in [2.75, 3.05) is 13.2 Å². The van der Waals surface area contributed by atoms with Crippen molar-refractivity contribution < 1.29 is 14.6 Å². The van der Waals surface area contributed by atoms with Gasteiger partial charge in [0.25, 0.3) is 0 Å². The average molecular weight is 418 g/mol. The van der Waals surface area contributed by atoms with E-state index >= 15 is 0 Å². The molecule has 0 aromatic carbocycles. The highest BCUT2D eigenvalue weighted by Crippen LogP contribution is 2.67. The summed E-state index contributed by atoms with van der Waals surface area (Å²) in [5.41, 5.74) is 7.39. The Bertz CT molecular complexity index is 673. The lowest BCUT2D eigenvalue weighted by atomic mass is 9.47. The summed E-state index contributed by atoms with van der Waals surface area (Å²) >= 11 is 0. The molecular formula is C26H43NO3. The molecule has 4 fully saturated rings. The Balaban J connectivity index is 1.32. The van der Waals surface area contributed by atoms with Crippen LogP contribution in [0.4, 0.5) is 0 Å². The molecule has 0 aromatic rings. The van der Waals surface area contributed by atoms with Gasteiger partial charge in [0.2, 0.25) is 0 Å². The zero-order chi connectivity index (χ0) is 21.0. The number of nitrogens with two attached hydrogens (primary N) is 1. The molecule has 0 amide bonds. The molecule has 1 saturated heterocycles. The van der Waals surface area contributed by atoms with E-state index in [1.54, 1.807) is 5.57 Å². The first kappa shape index (κ1) is 21.4. The highest BCUT2D eigenvalue weighted by Gasteiger charge is 2.63. The molecule has 0 bridgehead atoms. The van der Waals surface area contributed by atoms with Crippen molar-refractivity contribution >= 4 is 0 Å². The van der Waals surface area contributed by atoms with E-state index in [4.69, 9.17) is 15.2 Å². The normalized spacial score (nSPS) is 50.9. The molecule has 0 spiro atoms. The van der Waals surface area contributed by atoms with Crippen LogP contribution in [0.2, 0.25) is 0 Å². The Morgan fingerprint density at radius 1 is 1.10 bits per heavy atom. The van der Waals surface area contributed by atoms with Gasteiger partial charge in [0.15, 0.2) is 6.29 Å². The van der Waals surface area contributed by atoms with Crippen LogP contribution in [0.3, 0.4) is 0 Å². The number of rotatable bonds is 4. The molecule has 3 saturated carbocycles. The quantitative estimate of drug-likeness (QED) is 0.636. The Hall–Kier alpha value is -0.420. The van der Waals surface area contributed by atoms with Crippen molar-refractivity contribution in [3.05, 3.63) is 11.6 Å². The summed E-state index contributed by atoms with van der Waals surface area (Å²) in [6, 6.07) is 0. The highest BCUT2D eigenvalue weighted by molar-refractivity contribution is 5.26. The number of ether oxygens (including phenoxy) is 2. The van der Waals surface area contributed by atoms with Crippen LogP contribution in [0.25, 0.3) is 0 Å². The largest absolute Gasteiger partial charge is 0.389 e. The van der Waals surface area contributed by atoms with Crippen LogP contribution in [0.5, 0.6) is 0 Å². The lowest BCUT2D eigenvalue weighted by Crippen LogP contribution is -2.55. The Kier molecular flexibility index (Phi) is 5.62. The molecule has 5 aliphatic rings. The standard InChI is InChI=1S/C26H43NO3/c1-24-11-8-19(30-23-5-3-4-16-29-23)17-18(24)6-7-20-21(24)9-12-25(2)22(20)10-13-26(25,28)14-15-27/h6,19-23,28H,3-5,7-17,27H2,1-2H3/t19-,20+,21-,22-,23?,24-,25-,26+/m0/s1. The molecule has 5 rings (SSSR count). The summed E-state index contributed by atoms with van der Waals surface area (Å²) < 4.78 is 12.2. The maximum Gasteiger partial charge on any atom is 0.157 e. The van der Waals surface area contributed by atoms with Crippen molar-refractivity contribution in [3.8, 4) is 0 Å². The average Bonchev–Trinajstić information content (AvgIpc) is 3.00. The van der Waals surface area contributed by atoms with Crippen molar-refractivity contribution in [2.45, 2.75) is 109 Å². The molecule has 4 nitrogen and oxygen atoms in total. The first-order valence-corrected chi connectivity index (χ1v) is 12.8. The van der Waals surface area contributed by atoms with Gasteiger partial charge in [-0.3, -0.25) is 0 Å². The van der Waals surface area contributed by atoms with Crippen LogP contribution in [0.15, 0.2) is 11.6 Å². The Morgan fingerprint density at radius 3 is 2.70 bits per heavy atom. The van der Waals surface area contributed by atoms with Crippen LogP contribution in [-0.2, 0) is 9.47 Å². The van der Waals surface area contributed by atoms with Crippen molar-refractivity contribution in [1.82, 2.24) is 0 Å². The van der Waals surface area contributed by atoms with Gasteiger partial charge < -0.3 is 20.3 Å². The molecule has 1 heterocycles. The van der Waals surface area contributed by atoms with E-state index < -0.39 is 5.60 Å². The van der Waals surface area contributed by atoms with Crippen LogP contribution < -0.4 is 5.73 Å². The summed E-state index contributed by atoms with van der Waals surface area (Å²) in [6.45, 7) is 6.39. The maximum atomic E-state index is 11.5. The minimum absolute atomic E-state index is 0.0270. The minimum Gasteiger partial charge on any atom is -0.389 e. The second-order valence-corrected chi connectivity index (χ2v) is 11.6. The molecule has 1 aliphatic heterocycles. The molecule has 3 N–H and O–H groups in total. The molecule has 1 unspecified atom stereocenters. The molecule has 170 valence electrons. The number of hydrogen-bond acceptors (Lipinski definition) is 4. The molecule has 8 atom stereocenters. The second-order valence-electron chi connectivity index (χ2n) is 11.6. The number of aliphatic hydroxyl groups is 1. The van der Waals surface area contributed by atoms with Gasteiger partial charge in [-0.2, -0.15) is 0 Å². The summed E-state index contributed by atoms with van der Waals surface area (Å²) in [4.78, 5) is 0. The van der Waals surface area contributed by atoms with Crippen molar-refractivity contribution in [1.29, 1.82) is 0 Å². The Morgan fingerprint density at radius 2 is 1.93 bits per heavy atom. The number of hydrogen-bond donors (Lipinski definition) is 2. The fourth-order valence-corrected chi connectivity index (χ4v) is 8.54. The SMILES string of the molecule is C[C@]12CC[C@H](OC3CCCCO3)CC1=CC[C@@H]1[C@@H]2CC[C@@]2(C)[C@H]1CC[C@@]2(O)CCN. The summed E-state index contributed by atoms with van der Waals surface area (Å²) in [5.74, 6) is 2.14. The summed E-state index contributed by atoms with van der Waals surface area (Å²) in [5, 5.41) is 11.5. The third-order valence-corrected chi connectivity index (χ3v) is 10.4. The zero-order valence-corrected chi connectivity index (χ0v) is 19.2. The van der Waals surface area contributed by atoms with Gasteiger partial charge in [-0.15, -0.1) is 0 Å². The molecule has 4 aliphatic carbocycles. The predicted octanol–water partition coefficient (Wildman–Crippen LogP) is 4.94. The van der Waals surface area contributed by atoms with Gasteiger partial charge in [-0.05, 0) is 112 Å². The minimum atomic E-state index is -0.548. The van der Waals surface area contributed by atoms with E-state index in [9.17, 15) is 5.11 Å². The van der Waals surface area contributed by atoms with Gasteiger partial charge >= 0.3 is 0 Å². The second kappa shape index (κ2) is 7.86. The fraction of sp³-hybridized carbons (Fsp3) is 0.923. The van der Waals surface area contributed by atoms with Crippen molar-refractivity contribution in [3.63, 3.8) is 0 Å². The third kappa shape index (κ3) is 3.24. The van der Waals surface area contributed by atoms with Crippen LogP contribution in [-0.4, -0.2) is 36.3 Å². The molecule has 0 aromatic heterocycles. The monoisotopic (exact) mass is 417 g/mol. The van der Waals surface area contributed by atoms with Crippen LogP contribution >= 0.6 is 0 Å². The van der Waals surface area contributed by atoms with Gasteiger partial charge in [-0.25, -0.2) is 0 Å². The van der Waals surface area contributed by atoms with E-state index in [2.05, 4.69) is 19.9 Å². The van der Waals surface area contributed by atoms with E-state index in [0.717, 1.165) is 57.0 Å². The number of fused-ring (bicyclic) bond motifs is 5. The molecule has 0 radical (unpaired) electrons. The zero-order valence-electron chi connectivity index (χ0n) is 19.2. The van der Waals surface area contributed by atoms with Crippen LogP contribution in [0, 0.1) is 28.6 Å². The van der Waals surface area contributed by atoms with E-state index in [1.807, 2.05) is 0 Å². The molecule has 30 heavy (non-hydrogen) atoms. The first-order chi connectivity index (χ1) is 14.4. The van der Waals surface area contributed by atoms with E-state index in [0.29, 0.717) is 24.0 Å². The van der Waals surface area contributed by atoms with Gasteiger partial charge in [0, 0.05) is 6.61 Å². The third-order valence-electron chi connectivity index (χ3n) is 10.4.